The Balaban J connectivity index is 1.40. The summed E-state index contributed by atoms with van der Waals surface area (Å²) in [5.74, 6) is -0.282. The molecule has 0 fully saturated rings. The SMILES string of the molecule is O=C(Cn1cnc2scc(-c3cccs3)c2c1=O)NC(Cn1cncn1)c1ccccc1. The van der Waals surface area contributed by atoms with E-state index in [2.05, 4.69) is 20.4 Å². The van der Waals surface area contributed by atoms with Crippen molar-refractivity contribution < 1.29 is 4.79 Å². The standard InChI is InChI=1S/C22H18N6O2S2/c29-19(26-17(9-28-13-23-12-25-28)15-5-2-1-3-6-15)10-27-14-24-21-20(22(27)30)16(11-32-21)18-7-4-8-31-18/h1-8,11-14,17H,9-10H2,(H,26,29). The number of aromatic nitrogens is 5. The number of thiophene rings is 2. The van der Waals surface area contributed by atoms with Crippen LogP contribution in [0.3, 0.4) is 0 Å². The molecule has 32 heavy (non-hydrogen) atoms. The van der Waals surface area contributed by atoms with Gasteiger partial charge in [-0.3, -0.25) is 18.8 Å². The Morgan fingerprint density at radius 3 is 2.72 bits per heavy atom. The molecule has 0 bridgehead atoms. The fourth-order valence-corrected chi connectivity index (χ4v) is 5.24. The van der Waals surface area contributed by atoms with Crippen molar-refractivity contribution in [3.8, 4) is 10.4 Å². The average Bonchev–Trinajstić information content (AvgIpc) is 3.57. The summed E-state index contributed by atoms with van der Waals surface area (Å²) >= 11 is 3.00. The first-order chi connectivity index (χ1) is 15.7. The van der Waals surface area contributed by atoms with Crippen molar-refractivity contribution in [3.05, 3.63) is 88.1 Å². The molecular formula is C22H18N6O2S2. The lowest BCUT2D eigenvalue weighted by Gasteiger charge is -2.19. The molecule has 8 nitrogen and oxygen atoms in total. The topological polar surface area (TPSA) is 94.7 Å². The second-order valence-electron chi connectivity index (χ2n) is 7.13. The maximum atomic E-state index is 13.2. The largest absolute Gasteiger partial charge is 0.346 e. The number of hydrogen-bond acceptors (Lipinski definition) is 7. The van der Waals surface area contributed by atoms with Gasteiger partial charge in [0, 0.05) is 15.8 Å². The van der Waals surface area contributed by atoms with Crippen molar-refractivity contribution in [2.24, 2.45) is 0 Å². The van der Waals surface area contributed by atoms with E-state index in [1.165, 1.54) is 28.6 Å². The van der Waals surface area contributed by atoms with Gasteiger partial charge in [-0.25, -0.2) is 9.97 Å². The third-order valence-corrected chi connectivity index (χ3v) is 6.82. The van der Waals surface area contributed by atoms with Crippen molar-refractivity contribution in [2.45, 2.75) is 19.1 Å². The molecule has 1 amide bonds. The van der Waals surface area contributed by atoms with Crippen molar-refractivity contribution in [3.63, 3.8) is 0 Å². The number of nitrogens with one attached hydrogen (secondary N) is 1. The van der Waals surface area contributed by atoms with Crippen molar-refractivity contribution in [1.29, 1.82) is 0 Å². The van der Waals surface area contributed by atoms with Gasteiger partial charge in [-0.1, -0.05) is 36.4 Å². The molecule has 1 aromatic carbocycles. The summed E-state index contributed by atoms with van der Waals surface area (Å²) in [6, 6.07) is 13.3. The minimum atomic E-state index is -0.319. The Hall–Kier alpha value is -3.63. The lowest BCUT2D eigenvalue weighted by Crippen LogP contribution is -2.36. The number of amides is 1. The van der Waals surface area contributed by atoms with Gasteiger partial charge in [-0.2, -0.15) is 5.10 Å². The lowest BCUT2D eigenvalue weighted by atomic mass is 10.1. The van der Waals surface area contributed by atoms with Gasteiger partial charge < -0.3 is 5.32 Å². The van der Waals surface area contributed by atoms with E-state index in [1.807, 2.05) is 53.2 Å². The molecule has 0 spiro atoms. The van der Waals surface area contributed by atoms with E-state index < -0.39 is 0 Å². The van der Waals surface area contributed by atoms with Gasteiger partial charge >= 0.3 is 0 Å². The van der Waals surface area contributed by atoms with Crippen molar-refractivity contribution in [2.75, 3.05) is 0 Å². The van der Waals surface area contributed by atoms with E-state index in [1.54, 1.807) is 22.3 Å². The number of hydrogen-bond donors (Lipinski definition) is 1. The summed E-state index contributed by atoms with van der Waals surface area (Å²) in [7, 11) is 0. The molecule has 0 saturated carbocycles. The van der Waals surface area contributed by atoms with Gasteiger partial charge in [-0.15, -0.1) is 22.7 Å². The van der Waals surface area contributed by atoms with Gasteiger partial charge in [0.1, 0.15) is 24.0 Å². The number of nitrogens with zero attached hydrogens (tertiary/aromatic N) is 5. The zero-order chi connectivity index (χ0) is 21.9. The van der Waals surface area contributed by atoms with Crippen molar-refractivity contribution >= 4 is 38.8 Å². The zero-order valence-electron chi connectivity index (χ0n) is 16.8. The Morgan fingerprint density at radius 2 is 1.97 bits per heavy atom. The van der Waals surface area contributed by atoms with Crippen LogP contribution in [0.2, 0.25) is 0 Å². The predicted octanol–water partition coefficient (Wildman–Crippen LogP) is 3.34. The van der Waals surface area contributed by atoms with Gasteiger partial charge in [-0.05, 0) is 17.0 Å². The summed E-state index contributed by atoms with van der Waals surface area (Å²) in [6.45, 7) is 0.303. The van der Waals surface area contributed by atoms with Crippen LogP contribution in [0.25, 0.3) is 20.7 Å². The highest BCUT2D eigenvalue weighted by Gasteiger charge is 2.18. The Morgan fingerprint density at radius 1 is 1.09 bits per heavy atom. The molecule has 0 aliphatic heterocycles. The molecule has 4 heterocycles. The monoisotopic (exact) mass is 462 g/mol. The van der Waals surface area contributed by atoms with E-state index in [9.17, 15) is 9.59 Å². The molecule has 160 valence electrons. The summed E-state index contributed by atoms with van der Waals surface area (Å²) in [5.41, 5.74) is 1.58. The van der Waals surface area contributed by atoms with Crippen LogP contribution in [0.5, 0.6) is 0 Å². The molecule has 0 aliphatic carbocycles. The fourth-order valence-electron chi connectivity index (χ4n) is 3.52. The van der Waals surface area contributed by atoms with E-state index in [0.717, 1.165) is 16.0 Å². The normalized spacial score (nSPS) is 12.1. The highest BCUT2D eigenvalue weighted by Crippen LogP contribution is 2.33. The number of fused-ring (bicyclic) bond motifs is 1. The summed E-state index contributed by atoms with van der Waals surface area (Å²) < 4.78 is 3.02. The first-order valence-corrected chi connectivity index (χ1v) is 11.6. The molecule has 1 unspecified atom stereocenters. The third-order valence-electron chi connectivity index (χ3n) is 5.03. The summed E-state index contributed by atoms with van der Waals surface area (Å²) in [6.07, 6.45) is 4.50. The van der Waals surface area contributed by atoms with E-state index in [-0.39, 0.29) is 24.1 Å². The molecule has 4 aromatic heterocycles. The zero-order valence-corrected chi connectivity index (χ0v) is 18.4. The van der Waals surface area contributed by atoms with Gasteiger partial charge in [0.2, 0.25) is 5.91 Å². The van der Waals surface area contributed by atoms with Crippen LogP contribution in [-0.2, 0) is 17.9 Å². The smallest absolute Gasteiger partial charge is 0.263 e. The predicted molar refractivity (Wildman–Crippen MR) is 125 cm³/mol. The lowest BCUT2D eigenvalue weighted by molar-refractivity contribution is -0.122. The highest BCUT2D eigenvalue weighted by atomic mass is 32.1. The fraction of sp³-hybridized carbons (Fsp3) is 0.136. The second-order valence-corrected chi connectivity index (χ2v) is 8.94. The first-order valence-electron chi connectivity index (χ1n) is 9.86. The maximum absolute atomic E-state index is 13.2. The minimum Gasteiger partial charge on any atom is -0.346 e. The van der Waals surface area contributed by atoms with Crippen LogP contribution in [0, 0.1) is 0 Å². The molecule has 5 aromatic rings. The van der Waals surface area contributed by atoms with Gasteiger partial charge in [0.05, 0.1) is 24.3 Å². The third kappa shape index (κ3) is 4.10. The Kier molecular flexibility index (Phi) is 5.61. The van der Waals surface area contributed by atoms with Crippen LogP contribution < -0.4 is 10.9 Å². The Bertz CT molecular complexity index is 1390. The maximum Gasteiger partial charge on any atom is 0.263 e. The number of rotatable bonds is 7. The molecule has 0 radical (unpaired) electrons. The summed E-state index contributed by atoms with van der Waals surface area (Å²) in [5, 5.41) is 11.6. The van der Waals surface area contributed by atoms with E-state index >= 15 is 0 Å². The van der Waals surface area contributed by atoms with Gasteiger partial charge in [0.15, 0.2) is 0 Å². The molecule has 1 N–H and O–H groups in total. The molecular weight excluding hydrogens is 444 g/mol. The average molecular weight is 463 g/mol. The number of carbonyl (C=O) groups excluding carboxylic acids is 1. The van der Waals surface area contributed by atoms with E-state index in [0.29, 0.717) is 16.8 Å². The minimum absolute atomic E-state index is 0.123. The van der Waals surface area contributed by atoms with E-state index in [4.69, 9.17) is 0 Å². The van der Waals surface area contributed by atoms with Crippen LogP contribution in [-0.4, -0.2) is 30.2 Å². The van der Waals surface area contributed by atoms with Crippen LogP contribution >= 0.6 is 22.7 Å². The van der Waals surface area contributed by atoms with Crippen LogP contribution in [0.15, 0.2) is 77.0 Å². The quantitative estimate of drug-likeness (QED) is 0.400. The molecule has 0 aliphatic rings. The number of benzene rings is 1. The van der Waals surface area contributed by atoms with Crippen molar-refractivity contribution in [1.82, 2.24) is 29.6 Å². The molecule has 10 heteroatoms. The highest BCUT2D eigenvalue weighted by molar-refractivity contribution is 7.18. The molecule has 0 saturated heterocycles. The molecule has 5 rings (SSSR count). The number of carbonyl (C=O) groups is 1. The van der Waals surface area contributed by atoms with Crippen LogP contribution in [0.1, 0.15) is 11.6 Å². The second kappa shape index (κ2) is 8.85. The Labute approximate surface area is 190 Å². The molecule has 1 atom stereocenters. The first kappa shape index (κ1) is 20.3. The van der Waals surface area contributed by atoms with Crippen LogP contribution in [0.4, 0.5) is 0 Å². The van der Waals surface area contributed by atoms with Gasteiger partial charge in [0.25, 0.3) is 5.56 Å². The summed E-state index contributed by atoms with van der Waals surface area (Å²) in [4.78, 5) is 36.2.